The fourth-order valence-electron chi connectivity index (χ4n) is 2.18. The number of carbonyl (C=O) groups excluding carboxylic acids is 1. The van der Waals surface area contributed by atoms with Gasteiger partial charge in [-0.05, 0) is 38.0 Å². The second kappa shape index (κ2) is 6.14. The van der Waals surface area contributed by atoms with E-state index in [1.54, 1.807) is 19.1 Å². The van der Waals surface area contributed by atoms with Gasteiger partial charge in [0.1, 0.15) is 0 Å². The largest absolute Gasteiger partial charge is 0.462 e. The van der Waals surface area contributed by atoms with E-state index in [2.05, 4.69) is 0 Å². The van der Waals surface area contributed by atoms with Crippen LogP contribution in [-0.2, 0) is 4.74 Å². The first-order chi connectivity index (χ1) is 8.70. The molecule has 0 unspecified atom stereocenters. The summed E-state index contributed by atoms with van der Waals surface area (Å²) < 4.78 is 4.95. The second-order valence-corrected chi connectivity index (χ2v) is 5.84. The van der Waals surface area contributed by atoms with Crippen LogP contribution in [0.15, 0.2) is 23.1 Å². The maximum absolute atomic E-state index is 11.6. The zero-order valence-corrected chi connectivity index (χ0v) is 11.5. The van der Waals surface area contributed by atoms with E-state index in [-0.39, 0.29) is 5.97 Å². The van der Waals surface area contributed by atoms with Crippen molar-refractivity contribution in [3.8, 4) is 0 Å². The number of nitrogens with two attached hydrogens (primary N) is 1. The van der Waals surface area contributed by atoms with Crippen LogP contribution in [-0.4, -0.2) is 17.8 Å². The molecule has 98 valence electrons. The van der Waals surface area contributed by atoms with E-state index < -0.39 is 0 Å². The molecule has 1 aliphatic rings. The molecule has 0 aliphatic heterocycles. The molecule has 1 saturated carbocycles. The normalized spacial score (nSPS) is 15.8. The fourth-order valence-corrected chi connectivity index (χ4v) is 3.45. The number of anilines is 1. The first kappa shape index (κ1) is 13.3. The Hall–Kier alpha value is -1.16. The fraction of sp³-hybridized carbons (Fsp3) is 0.500. The molecular weight excluding hydrogens is 246 g/mol. The third kappa shape index (κ3) is 3.19. The van der Waals surface area contributed by atoms with E-state index in [0.29, 0.717) is 23.1 Å². The lowest BCUT2D eigenvalue weighted by molar-refractivity contribution is 0.0526. The minimum Gasteiger partial charge on any atom is -0.462 e. The highest BCUT2D eigenvalue weighted by Crippen LogP contribution is 2.37. The second-order valence-electron chi connectivity index (χ2n) is 4.50. The Morgan fingerprint density at radius 2 is 2.17 bits per heavy atom. The van der Waals surface area contributed by atoms with Crippen molar-refractivity contribution in [2.75, 3.05) is 12.3 Å². The topological polar surface area (TPSA) is 52.3 Å². The van der Waals surface area contributed by atoms with E-state index in [4.69, 9.17) is 10.5 Å². The van der Waals surface area contributed by atoms with E-state index in [0.717, 1.165) is 4.90 Å². The quantitative estimate of drug-likeness (QED) is 0.669. The van der Waals surface area contributed by atoms with Gasteiger partial charge in [-0.1, -0.05) is 12.8 Å². The molecule has 4 heteroatoms. The Morgan fingerprint density at radius 3 is 2.78 bits per heavy atom. The lowest BCUT2D eigenvalue weighted by Gasteiger charge is -2.11. The smallest absolute Gasteiger partial charge is 0.338 e. The van der Waals surface area contributed by atoms with E-state index in [1.165, 1.54) is 25.7 Å². The monoisotopic (exact) mass is 265 g/mol. The highest BCUT2D eigenvalue weighted by molar-refractivity contribution is 8.00. The first-order valence-corrected chi connectivity index (χ1v) is 7.32. The van der Waals surface area contributed by atoms with E-state index >= 15 is 0 Å². The van der Waals surface area contributed by atoms with E-state index in [9.17, 15) is 4.79 Å². The predicted molar refractivity (Wildman–Crippen MR) is 74.9 cm³/mol. The Balaban J connectivity index is 2.06. The van der Waals surface area contributed by atoms with Crippen molar-refractivity contribution < 1.29 is 9.53 Å². The van der Waals surface area contributed by atoms with Crippen molar-refractivity contribution >= 4 is 23.4 Å². The van der Waals surface area contributed by atoms with Gasteiger partial charge in [0, 0.05) is 15.8 Å². The number of hydrogen-bond donors (Lipinski definition) is 1. The van der Waals surface area contributed by atoms with Gasteiger partial charge in [-0.15, -0.1) is 11.8 Å². The summed E-state index contributed by atoms with van der Waals surface area (Å²) >= 11 is 1.83. The van der Waals surface area contributed by atoms with Crippen molar-refractivity contribution in [3.05, 3.63) is 23.8 Å². The van der Waals surface area contributed by atoms with Gasteiger partial charge in [0.2, 0.25) is 0 Å². The van der Waals surface area contributed by atoms with Crippen molar-refractivity contribution in [1.29, 1.82) is 0 Å². The lowest BCUT2D eigenvalue weighted by Crippen LogP contribution is -2.06. The van der Waals surface area contributed by atoms with Crippen molar-refractivity contribution in [2.45, 2.75) is 42.8 Å². The minimum atomic E-state index is -0.304. The summed E-state index contributed by atoms with van der Waals surface area (Å²) in [7, 11) is 0. The summed E-state index contributed by atoms with van der Waals surface area (Å²) in [6, 6.07) is 5.45. The highest BCUT2D eigenvalue weighted by Gasteiger charge is 2.18. The number of thioether (sulfide) groups is 1. The molecule has 0 amide bonds. The molecule has 1 aromatic rings. The third-order valence-electron chi connectivity index (χ3n) is 3.12. The molecule has 1 aliphatic carbocycles. The number of ether oxygens (including phenoxy) is 1. The standard InChI is InChI=1S/C14H19NO2S/c1-2-17-14(16)10-7-8-13(12(15)9-10)18-11-5-3-4-6-11/h7-9,11H,2-6,15H2,1H3. The summed E-state index contributed by atoms with van der Waals surface area (Å²) in [6.45, 7) is 2.18. The Morgan fingerprint density at radius 1 is 1.44 bits per heavy atom. The predicted octanol–water partition coefficient (Wildman–Crippen LogP) is 3.48. The number of carbonyl (C=O) groups is 1. The van der Waals surface area contributed by atoms with Crippen LogP contribution in [0.3, 0.4) is 0 Å². The van der Waals surface area contributed by atoms with Gasteiger partial charge in [-0.2, -0.15) is 0 Å². The van der Waals surface area contributed by atoms with Crippen LogP contribution in [0.4, 0.5) is 5.69 Å². The number of rotatable bonds is 4. The molecule has 0 radical (unpaired) electrons. The average Bonchev–Trinajstić information content (AvgIpc) is 2.85. The molecule has 0 aromatic heterocycles. The molecule has 0 saturated heterocycles. The molecule has 3 nitrogen and oxygen atoms in total. The molecule has 1 aromatic carbocycles. The Kier molecular flexibility index (Phi) is 4.53. The van der Waals surface area contributed by atoms with Gasteiger partial charge < -0.3 is 10.5 Å². The summed E-state index contributed by atoms with van der Waals surface area (Å²) in [5.41, 5.74) is 7.22. The highest BCUT2D eigenvalue weighted by atomic mass is 32.2. The molecular formula is C14H19NO2S. The van der Waals surface area contributed by atoms with Crippen LogP contribution in [0, 0.1) is 0 Å². The van der Waals surface area contributed by atoms with Crippen LogP contribution in [0.1, 0.15) is 43.0 Å². The molecule has 0 spiro atoms. The zero-order chi connectivity index (χ0) is 13.0. The number of hydrogen-bond acceptors (Lipinski definition) is 4. The summed E-state index contributed by atoms with van der Waals surface area (Å²) in [6.07, 6.45) is 5.17. The van der Waals surface area contributed by atoms with Crippen molar-refractivity contribution in [1.82, 2.24) is 0 Å². The van der Waals surface area contributed by atoms with Crippen LogP contribution in [0.5, 0.6) is 0 Å². The molecule has 0 atom stereocenters. The SMILES string of the molecule is CCOC(=O)c1ccc(SC2CCCC2)c(N)c1. The summed E-state index contributed by atoms with van der Waals surface area (Å²) in [4.78, 5) is 12.6. The third-order valence-corrected chi connectivity index (χ3v) is 4.55. The first-order valence-electron chi connectivity index (χ1n) is 6.44. The molecule has 0 bridgehead atoms. The summed E-state index contributed by atoms with van der Waals surface area (Å²) in [5.74, 6) is -0.304. The molecule has 18 heavy (non-hydrogen) atoms. The van der Waals surface area contributed by atoms with Crippen LogP contribution >= 0.6 is 11.8 Å². The van der Waals surface area contributed by atoms with Gasteiger partial charge >= 0.3 is 5.97 Å². The number of nitrogen functional groups attached to an aromatic ring is 1. The zero-order valence-electron chi connectivity index (χ0n) is 10.6. The molecule has 0 heterocycles. The number of esters is 1. The molecule has 2 rings (SSSR count). The van der Waals surface area contributed by atoms with Crippen LogP contribution in [0.2, 0.25) is 0 Å². The van der Waals surface area contributed by atoms with Gasteiger partial charge in [-0.3, -0.25) is 0 Å². The van der Waals surface area contributed by atoms with Crippen molar-refractivity contribution in [2.24, 2.45) is 0 Å². The minimum absolute atomic E-state index is 0.304. The van der Waals surface area contributed by atoms with Crippen LogP contribution < -0.4 is 5.73 Å². The van der Waals surface area contributed by atoms with Gasteiger partial charge in [0.25, 0.3) is 0 Å². The van der Waals surface area contributed by atoms with Gasteiger partial charge in [0.05, 0.1) is 12.2 Å². The van der Waals surface area contributed by atoms with Crippen molar-refractivity contribution in [3.63, 3.8) is 0 Å². The van der Waals surface area contributed by atoms with Crippen LogP contribution in [0.25, 0.3) is 0 Å². The maximum Gasteiger partial charge on any atom is 0.338 e. The summed E-state index contributed by atoms with van der Waals surface area (Å²) in [5, 5.41) is 0.681. The average molecular weight is 265 g/mol. The molecule has 1 fully saturated rings. The lowest BCUT2D eigenvalue weighted by atomic mass is 10.2. The number of benzene rings is 1. The van der Waals surface area contributed by atoms with Gasteiger partial charge in [0.15, 0.2) is 0 Å². The Bertz CT molecular complexity index is 428. The van der Waals surface area contributed by atoms with Gasteiger partial charge in [-0.25, -0.2) is 4.79 Å². The molecule has 2 N–H and O–H groups in total. The van der Waals surface area contributed by atoms with E-state index in [1.807, 2.05) is 17.8 Å². The maximum atomic E-state index is 11.6. The Labute approximate surface area is 112 Å².